The van der Waals surface area contributed by atoms with Gasteiger partial charge in [-0.1, -0.05) is 0 Å². The number of nitro groups is 1. The average Bonchev–Trinajstić information content (AvgIpc) is 2.75. The molecule has 0 aliphatic rings. The number of alkyl halides is 3. The standard InChI is InChI=1S/C20H16F3N5O5/c1-2-32-19(29)12-3-5-13(6-4-12)26-17-16(28(30)31)18(25-11-24-17)27-14-7-9-15(10-8-14)33-20(21,22)23/h3-11H,2H2,1H3,(H2,24,25,26,27). The van der Waals surface area contributed by atoms with E-state index in [2.05, 4.69) is 25.3 Å². The average molecular weight is 463 g/mol. The quantitative estimate of drug-likeness (QED) is 0.271. The van der Waals surface area contributed by atoms with Crippen molar-refractivity contribution >= 4 is 34.7 Å². The number of hydrogen-bond acceptors (Lipinski definition) is 9. The second-order valence-corrected chi connectivity index (χ2v) is 6.30. The monoisotopic (exact) mass is 463 g/mol. The maximum absolute atomic E-state index is 12.3. The van der Waals surface area contributed by atoms with Crippen molar-refractivity contribution in [2.45, 2.75) is 13.3 Å². The molecule has 1 heterocycles. The van der Waals surface area contributed by atoms with Crippen molar-refractivity contribution in [1.82, 2.24) is 9.97 Å². The molecule has 3 aromatic rings. The van der Waals surface area contributed by atoms with E-state index in [1.54, 1.807) is 6.92 Å². The van der Waals surface area contributed by atoms with Crippen LogP contribution in [0.1, 0.15) is 17.3 Å². The van der Waals surface area contributed by atoms with E-state index >= 15 is 0 Å². The van der Waals surface area contributed by atoms with E-state index in [0.717, 1.165) is 18.5 Å². The lowest BCUT2D eigenvalue weighted by Crippen LogP contribution is -2.17. The van der Waals surface area contributed by atoms with Crippen LogP contribution in [-0.4, -0.2) is 33.8 Å². The van der Waals surface area contributed by atoms with Crippen molar-refractivity contribution in [2.24, 2.45) is 0 Å². The number of anilines is 4. The van der Waals surface area contributed by atoms with E-state index in [4.69, 9.17) is 4.74 Å². The van der Waals surface area contributed by atoms with Gasteiger partial charge in [0, 0.05) is 11.4 Å². The molecule has 0 bridgehead atoms. The van der Waals surface area contributed by atoms with E-state index in [9.17, 15) is 28.1 Å². The molecular formula is C20H16F3N5O5. The number of esters is 1. The number of hydrogen-bond donors (Lipinski definition) is 2. The molecule has 3 rings (SSSR count). The summed E-state index contributed by atoms with van der Waals surface area (Å²) in [6, 6.07) is 10.6. The van der Waals surface area contributed by atoms with E-state index < -0.39 is 28.7 Å². The Labute approximate surface area is 184 Å². The number of aromatic nitrogens is 2. The van der Waals surface area contributed by atoms with Crippen LogP contribution in [0.3, 0.4) is 0 Å². The largest absolute Gasteiger partial charge is 0.573 e. The summed E-state index contributed by atoms with van der Waals surface area (Å²) in [7, 11) is 0. The Morgan fingerprint density at radius 1 is 1.00 bits per heavy atom. The van der Waals surface area contributed by atoms with Crippen LogP contribution in [0.5, 0.6) is 5.75 Å². The van der Waals surface area contributed by atoms with Gasteiger partial charge in [0.1, 0.15) is 12.1 Å². The molecule has 2 N–H and O–H groups in total. The Morgan fingerprint density at radius 3 is 1.97 bits per heavy atom. The third kappa shape index (κ3) is 6.29. The molecule has 0 saturated carbocycles. The van der Waals surface area contributed by atoms with Gasteiger partial charge in [-0.05, 0) is 55.5 Å². The molecule has 172 valence electrons. The van der Waals surface area contributed by atoms with Crippen LogP contribution in [0.2, 0.25) is 0 Å². The third-order valence-corrected chi connectivity index (χ3v) is 4.01. The normalized spacial score (nSPS) is 10.9. The van der Waals surface area contributed by atoms with Crippen LogP contribution in [0, 0.1) is 10.1 Å². The predicted octanol–water partition coefficient (Wildman–Crippen LogP) is 4.95. The van der Waals surface area contributed by atoms with Crippen molar-refractivity contribution in [3.8, 4) is 5.75 Å². The SMILES string of the molecule is CCOC(=O)c1ccc(Nc2ncnc(Nc3ccc(OC(F)(F)F)cc3)c2[N+](=O)[O-])cc1. The molecule has 0 atom stereocenters. The minimum absolute atomic E-state index is 0.140. The fourth-order valence-electron chi connectivity index (χ4n) is 2.65. The van der Waals surface area contributed by atoms with Crippen molar-refractivity contribution in [2.75, 3.05) is 17.2 Å². The lowest BCUT2D eigenvalue weighted by molar-refractivity contribution is -0.383. The zero-order valence-electron chi connectivity index (χ0n) is 16.9. The number of rotatable bonds is 8. The molecular weight excluding hydrogens is 447 g/mol. The summed E-state index contributed by atoms with van der Waals surface area (Å²) in [5, 5.41) is 17.1. The molecule has 33 heavy (non-hydrogen) atoms. The second kappa shape index (κ2) is 9.80. The molecule has 0 amide bonds. The molecule has 0 radical (unpaired) electrons. The van der Waals surface area contributed by atoms with Crippen LogP contribution in [0.25, 0.3) is 0 Å². The molecule has 0 spiro atoms. The fraction of sp³-hybridized carbons (Fsp3) is 0.150. The van der Waals surface area contributed by atoms with Crippen LogP contribution in [0.15, 0.2) is 54.9 Å². The molecule has 2 aromatic carbocycles. The Kier molecular flexibility index (Phi) is 6.91. The van der Waals surface area contributed by atoms with E-state index in [0.29, 0.717) is 11.3 Å². The highest BCUT2D eigenvalue weighted by atomic mass is 19.4. The fourth-order valence-corrected chi connectivity index (χ4v) is 2.65. The minimum Gasteiger partial charge on any atom is -0.462 e. The third-order valence-electron chi connectivity index (χ3n) is 4.01. The topological polar surface area (TPSA) is 129 Å². The highest BCUT2D eigenvalue weighted by molar-refractivity contribution is 5.90. The van der Waals surface area contributed by atoms with Crippen LogP contribution in [0.4, 0.5) is 41.9 Å². The van der Waals surface area contributed by atoms with Gasteiger partial charge in [0.05, 0.1) is 17.1 Å². The maximum atomic E-state index is 12.3. The number of nitrogens with one attached hydrogen (secondary N) is 2. The Bertz CT molecular complexity index is 1140. The van der Waals surface area contributed by atoms with Gasteiger partial charge >= 0.3 is 18.0 Å². The number of carbonyl (C=O) groups is 1. The van der Waals surface area contributed by atoms with Crippen molar-refractivity contribution in [3.05, 3.63) is 70.5 Å². The Balaban J connectivity index is 1.81. The highest BCUT2D eigenvalue weighted by Crippen LogP contribution is 2.33. The summed E-state index contributed by atoms with van der Waals surface area (Å²) in [5.41, 5.74) is 0.447. The zero-order chi connectivity index (χ0) is 24.0. The lowest BCUT2D eigenvalue weighted by Gasteiger charge is -2.12. The lowest BCUT2D eigenvalue weighted by atomic mass is 10.2. The molecule has 10 nitrogen and oxygen atoms in total. The minimum atomic E-state index is -4.84. The van der Waals surface area contributed by atoms with Crippen LogP contribution in [-0.2, 0) is 4.74 Å². The molecule has 1 aromatic heterocycles. The van der Waals surface area contributed by atoms with Gasteiger partial charge in [-0.15, -0.1) is 13.2 Å². The highest BCUT2D eigenvalue weighted by Gasteiger charge is 2.31. The van der Waals surface area contributed by atoms with E-state index in [1.165, 1.54) is 36.4 Å². The van der Waals surface area contributed by atoms with Crippen molar-refractivity contribution in [1.29, 1.82) is 0 Å². The maximum Gasteiger partial charge on any atom is 0.573 e. The number of benzene rings is 2. The van der Waals surface area contributed by atoms with Gasteiger partial charge in [-0.25, -0.2) is 14.8 Å². The molecule has 0 aliphatic carbocycles. The first-order valence-corrected chi connectivity index (χ1v) is 9.32. The molecule has 0 saturated heterocycles. The van der Waals surface area contributed by atoms with Crippen molar-refractivity contribution < 1.29 is 32.4 Å². The summed E-state index contributed by atoms with van der Waals surface area (Å²) >= 11 is 0. The second-order valence-electron chi connectivity index (χ2n) is 6.30. The first kappa shape index (κ1) is 23.2. The van der Waals surface area contributed by atoms with Gasteiger partial charge in [0.2, 0.25) is 11.6 Å². The van der Waals surface area contributed by atoms with Gasteiger partial charge in [0.15, 0.2) is 0 Å². The van der Waals surface area contributed by atoms with E-state index in [-0.39, 0.29) is 23.9 Å². The summed E-state index contributed by atoms with van der Waals surface area (Å²) in [5.74, 6) is -1.28. The zero-order valence-corrected chi connectivity index (χ0v) is 16.9. The molecule has 13 heteroatoms. The van der Waals surface area contributed by atoms with Gasteiger partial charge in [0.25, 0.3) is 0 Å². The smallest absolute Gasteiger partial charge is 0.462 e. The summed E-state index contributed by atoms with van der Waals surface area (Å²) in [6.07, 6.45) is -3.76. The summed E-state index contributed by atoms with van der Waals surface area (Å²) in [6.45, 7) is 1.90. The van der Waals surface area contributed by atoms with Gasteiger partial charge in [-0.3, -0.25) is 10.1 Å². The summed E-state index contributed by atoms with van der Waals surface area (Å²) in [4.78, 5) is 30.5. The first-order chi connectivity index (χ1) is 15.7. The number of nitrogens with zero attached hydrogens (tertiary/aromatic N) is 3. The summed E-state index contributed by atoms with van der Waals surface area (Å²) < 4.78 is 45.6. The number of ether oxygens (including phenoxy) is 2. The molecule has 0 aliphatic heterocycles. The predicted molar refractivity (Wildman–Crippen MR) is 111 cm³/mol. The van der Waals surface area contributed by atoms with Gasteiger partial charge in [-0.2, -0.15) is 0 Å². The van der Waals surface area contributed by atoms with E-state index in [1.807, 2.05) is 0 Å². The Hall–Kier alpha value is -4.42. The Morgan fingerprint density at radius 2 is 1.52 bits per heavy atom. The molecule has 0 unspecified atom stereocenters. The first-order valence-electron chi connectivity index (χ1n) is 9.32. The molecule has 0 fully saturated rings. The van der Waals surface area contributed by atoms with Crippen molar-refractivity contribution in [3.63, 3.8) is 0 Å². The van der Waals surface area contributed by atoms with Crippen LogP contribution >= 0.6 is 0 Å². The number of halogens is 3. The van der Waals surface area contributed by atoms with Gasteiger partial charge < -0.3 is 20.1 Å². The van der Waals surface area contributed by atoms with Crippen LogP contribution < -0.4 is 15.4 Å². The number of carbonyl (C=O) groups excluding carboxylic acids is 1.